The Morgan fingerprint density at radius 1 is 1.43 bits per heavy atom. The molecular formula is C9H14N8O3S. The van der Waals surface area contributed by atoms with E-state index in [4.69, 9.17) is 0 Å². The Morgan fingerprint density at radius 3 is 2.71 bits per heavy atom. The molecule has 1 amide bonds. The third-order valence-electron chi connectivity index (χ3n) is 2.62. The molecule has 2 aromatic heterocycles. The van der Waals surface area contributed by atoms with E-state index in [-0.39, 0.29) is 24.9 Å². The summed E-state index contributed by atoms with van der Waals surface area (Å²) >= 11 is 0. The molecule has 2 rings (SSSR count). The van der Waals surface area contributed by atoms with Gasteiger partial charge in [-0.15, -0.1) is 15.3 Å². The molecule has 21 heavy (non-hydrogen) atoms. The molecule has 0 bridgehead atoms. The number of hydrogen-bond acceptors (Lipinski definition) is 7. The Balaban J connectivity index is 1.90. The summed E-state index contributed by atoms with van der Waals surface area (Å²) in [5.41, 5.74) is 0. The summed E-state index contributed by atoms with van der Waals surface area (Å²) in [6, 6.07) is 0. The van der Waals surface area contributed by atoms with Crippen molar-refractivity contribution in [3.63, 3.8) is 0 Å². The van der Waals surface area contributed by atoms with Gasteiger partial charge in [0.05, 0.1) is 6.26 Å². The van der Waals surface area contributed by atoms with Crippen LogP contribution in [-0.4, -0.2) is 75.0 Å². The number of H-pyrrole nitrogens is 1. The molecule has 0 spiro atoms. The number of rotatable bonds is 6. The molecule has 0 aromatic carbocycles. The number of nitrogens with one attached hydrogen (secondary N) is 2. The number of sulfonamides is 1. The van der Waals surface area contributed by atoms with Crippen LogP contribution in [0.3, 0.4) is 0 Å². The number of hydrogen-bond donors (Lipinski definition) is 2. The lowest BCUT2D eigenvalue weighted by atomic mass is 10.5. The van der Waals surface area contributed by atoms with Gasteiger partial charge in [-0.25, -0.2) is 12.7 Å². The minimum absolute atomic E-state index is 0.0145. The predicted molar refractivity (Wildman–Crippen MR) is 71.1 cm³/mol. The van der Waals surface area contributed by atoms with Crippen LogP contribution in [0.5, 0.6) is 0 Å². The molecule has 11 nitrogen and oxygen atoms in total. The Morgan fingerprint density at radius 2 is 2.10 bits per heavy atom. The van der Waals surface area contributed by atoms with Gasteiger partial charge in [0.25, 0.3) is 11.9 Å². The maximum absolute atomic E-state index is 11.8. The number of carbonyl (C=O) groups is 1. The van der Waals surface area contributed by atoms with E-state index in [0.29, 0.717) is 0 Å². The Labute approximate surface area is 120 Å². The lowest BCUT2D eigenvalue weighted by molar-refractivity contribution is 0.0942. The fourth-order valence-corrected chi connectivity index (χ4v) is 1.77. The van der Waals surface area contributed by atoms with Crippen LogP contribution >= 0.6 is 0 Å². The Kier molecular flexibility index (Phi) is 4.28. The van der Waals surface area contributed by atoms with Crippen molar-refractivity contribution in [1.82, 2.24) is 39.6 Å². The monoisotopic (exact) mass is 314 g/mol. The maximum atomic E-state index is 11.8. The van der Waals surface area contributed by atoms with Crippen molar-refractivity contribution in [1.29, 1.82) is 0 Å². The number of aromatic nitrogens is 6. The van der Waals surface area contributed by atoms with E-state index in [0.717, 1.165) is 10.6 Å². The van der Waals surface area contributed by atoms with E-state index in [1.54, 1.807) is 0 Å². The highest BCUT2D eigenvalue weighted by Gasteiger charge is 2.14. The van der Waals surface area contributed by atoms with Crippen LogP contribution in [0.15, 0.2) is 12.7 Å². The van der Waals surface area contributed by atoms with Crippen molar-refractivity contribution in [3.05, 3.63) is 18.5 Å². The van der Waals surface area contributed by atoms with E-state index in [9.17, 15) is 13.2 Å². The average molecular weight is 314 g/mol. The molecule has 12 heteroatoms. The summed E-state index contributed by atoms with van der Waals surface area (Å²) in [6.07, 6.45) is 3.88. The molecule has 0 unspecified atom stereocenters. The summed E-state index contributed by atoms with van der Waals surface area (Å²) < 4.78 is 24.9. The molecule has 0 aliphatic carbocycles. The van der Waals surface area contributed by atoms with Gasteiger partial charge in [0.2, 0.25) is 15.8 Å². The van der Waals surface area contributed by atoms with E-state index in [1.165, 1.54) is 24.3 Å². The van der Waals surface area contributed by atoms with Gasteiger partial charge in [0.1, 0.15) is 12.7 Å². The molecule has 2 aromatic rings. The molecule has 2 heterocycles. The third-order valence-corrected chi connectivity index (χ3v) is 3.93. The molecule has 2 N–H and O–H groups in total. The van der Waals surface area contributed by atoms with Gasteiger partial charge in [-0.05, 0) is 0 Å². The molecule has 0 radical (unpaired) electrons. The molecule has 0 atom stereocenters. The van der Waals surface area contributed by atoms with Gasteiger partial charge >= 0.3 is 0 Å². The normalized spacial score (nSPS) is 11.8. The van der Waals surface area contributed by atoms with Crippen molar-refractivity contribution in [2.24, 2.45) is 0 Å². The van der Waals surface area contributed by atoms with Crippen LogP contribution in [0.4, 0.5) is 0 Å². The standard InChI is InChI=1S/C9H14N8O3S/c1-16(21(2,19)20)4-3-10-8(18)7-13-9(15-14-7)17-5-11-12-6-17/h5-6H,3-4H2,1-2H3,(H,10,18)(H,13,14,15). The maximum Gasteiger partial charge on any atom is 0.288 e. The highest BCUT2D eigenvalue weighted by molar-refractivity contribution is 7.88. The van der Waals surface area contributed by atoms with Crippen molar-refractivity contribution in [3.8, 4) is 5.95 Å². The van der Waals surface area contributed by atoms with E-state index in [2.05, 4.69) is 30.7 Å². The molecule has 0 saturated carbocycles. The fourth-order valence-electron chi connectivity index (χ4n) is 1.35. The molecule has 114 valence electrons. The zero-order chi connectivity index (χ0) is 15.5. The second kappa shape index (κ2) is 5.97. The highest BCUT2D eigenvalue weighted by Crippen LogP contribution is 1.98. The lowest BCUT2D eigenvalue weighted by Crippen LogP contribution is -2.36. The van der Waals surface area contributed by atoms with E-state index >= 15 is 0 Å². The zero-order valence-corrected chi connectivity index (χ0v) is 12.2. The van der Waals surface area contributed by atoms with Crippen LogP contribution < -0.4 is 5.32 Å². The van der Waals surface area contributed by atoms with Crippen LogP contribution in [-0.2, 0) is 10.0 Å². The topological polar surface area (TPSA) is 139 Å². The van der Waals surface area contributed by atoms with Gasteiger partial charge in [0.15, 0.2) is 0 Å². The number of aromatic amines is 1. The number of nitrogens with zero attached hydrogens (tertiary/aromatic N) is 6. The lowest BCUT2D eigenvalue weighted by Gasteiger charge is -2.13. The second-order valence-electron chi connectivity index (χ2n) is 4.19. The first-order valence-electron chi connectivity index (χ1n) is 5.85. The summed E-state index contributed by atoms with van der Waals surface area (Å²) in [5, 5.41) is 16.1. The minimum Gasteiger partial charge on any atom is -0.348 e. The SMILES string of the molecule is CN(CCNC(=O)c1nc(-n2cnnc2)n[nH]1)S(C)(=O)=O. The Hall–Kier alpha value is -2.34. The largest absolute Gasteiger partial charge is 0.348 e. The van der Waals surface area contributed by atoms with Crippen molar-refractivity contribution < 1.29 is 13.2 Å². The second-order valence-corrected chi connectivity index (χ2v) is 6.28. The van der Waals surface area contributed by atoms with E-state index < -0.39 is 15.9 Å². The number of likely N-dealkylation sites (N-methyl/N-ethyl adjacent to an activating group) is 1. The molecule has 0 aliphatic heterocycles. The van der Waals surface area contributed by atoms with E-state index in [1.807, 2.05) is 0 Å². The Bertz CT molecular complexity index is 707. The molecule has 0 aliphatic rings. The van der Waals surface area contributed by atoms with Gasteiger partial charge in [-0.1, -0.05) is 0 Å². The number of amides is 1. The van der Waals surface area contributed by atoms with Crippen LogP contribution in [0.2, 0.25) is 0 Å². The van der Waals surface area contributed by atoms with Crippen LogP contribution in [0, 0.1) is 0 Å². The molecule has 0 saturated heterocycles. The van der Waals surface area contributed by atoms with Crippen molar-refractivity contribution in [2.75, 3.05) is 26.4 Å². The van der Waals surface area contributed by atoms with Gasteiger partial charge in [-0.3, -0.25) is 14.5 Å². The summed E-state index contributed by atoms with van der Waals surface area (Å²) in [7, 11) is -1.83. The zero-order valence-electron chi connectivity index (χ0n) is 11.4. The molecular weight excluding hydrogens is 300 g/mol. The predicted octanol–water partition coefficient (Wildman–Crippen LogP) is -1.99. The first-order chi connectivity index (χ1) is 9.88. The first-order valence-corrected chi connectivity index (χ1v) is 7.69. The summed E-state index contributed by atoms with van der Waals surface area (Å²) in [4.78, 5) is 15.8. The average Bonchev–Trinajstić information content (AvgIpc) is 3.08. The van der Waals surface area contributed by atoms with Crippen LogP contribution in [0.1, 0.15) is 10.6 Å². The highest BCUT2D eigenvalue weighted by atomic mass is 32.2. The van der Waals surface area contributed by atoms with Crippen molar-refractivity contribution >= 4 is 15.9 Å². The van der Waals surface area contributed by atoms with Gasteiger partial charge in [0, 0.05) is 20.1 Å². The summed E-state index contributed by atoms with van der Waals surface area (Å²) in [5.74, 6) is -0.233. The van der Waals surface area contributed by atoms with Crippen molar-refractivity contribution in [2.45, 2.75) is 0 Å². The molecule has 0 fully saturated rings. The van der Waals surface area contributed by atoms with Crippen LogP contribution in [0.25, 0.3) is 5.95 Å². The van der Waals surface area contributed by atoms with Gasteiger partial charge in [-0.2, -0.15) is 4.98 Å². The number of carbonyl (C=O) groups excluding carboxylic acids is 1. The minimum atomic E-state index is -3.26. The quantitative estimate of drug-likeness (QED) is 0.629. The fraction of sp³-hybridized carbons (Fsp3) is 0.444. The summed E-state index contributed by atoms with van der Waals surface area (Å²) in [6.45, 7) is 0.322. The van der Waals surface area contributed by atoms with Gasteiger partial charge < -0.3 is 5.32 Å². The first kappa shape index (κ1) is 15.1. The third kappa shape index (κ3) is 3.82. The smallest absolute Gasteiger partial charge is 0.288 e.